The normalized spacial score (nSPS) is 13.2. The van der Waals surface area contributed by atoms with Crippen LogP contribution in [0.5, 0.6) is 5.75 Å². The predicted octanol–water partition coefficient (Wildman–Crippen LogP) is 2.94. The third-order valence-electron chi connectivity index (χ3n) is 3.77. The third-order valence-corrected chi connectivity index (χ3v) is 3.77. The van der Waals surface area contributed by atoms with Crippen molar-refractivity contribution in [3.8, 4) is 5.75 Å². The highest BCUT2D eigenvalue weighted by molar-refractivity contribution is 6.12. The Morgan fingerprint density at radius 1 is 1.27 bits per heavy atom. The molecule has 3 aromatic rings. The standard InChI is InChI=1S/C17H12N2O3/c18-16-7-9-3-11(4-12(9)8-19-16)17(21)15-6-10-5-13(20)1-2-14(10)22-15/h1-3,5-8,20H,4H2,(H2,18,19). The highest BCUT2D eigenvalue weighted by atomic mass is 16.3. The number of ketones is 1. The Hall–Kier alpha value is -3.08. The molecule has 1 aliphatic carbocycles. The number of hydrogen-bond donors (Lipinski definition) is 2. The van der Waals surface area contributed by atoms with Gasteiger partial charge in [-0.3, -0.25) is 4.79 Å². The first-order valence-corrected chi connectivity index (χ1v) is 6.82. The Balaban J connectivity index is 1.71. The molecule has 1 aliphatic rings. The van der Waals surface area contributed by atoms with E-state index in [1.165, 1.54) is 6.07 Å². The summed E-state index contributed by atoms with van der Waals surface area (Å²) in [6, 6.07) is 8.14. The van der Waals surface area contributed by atoms with Crippen molar-refractivity contribution in [3.05, 3.63) is 59.0 Å². The van der Waals surface area contributed by atoms with Crippen molar-refractivity contribution in [1.82, 2.24) is 4.98 Å². The van der Waals surface area contributed by atoms with Crippen molar-refractivity contribution < 1.29 is 14.3 Å². The van der Waals surface area contributed by atoms with Gasteiger partial charge in [-0.2, -0.15) is 0 Å². The summed E-state index contributed by atoms with van der Waals surface area (Å²) in [5.41, 5.74) is 8.78. The van der Waals surface area contributed by atoms with E-state index in [0.29, 0.717) is 28.8 Å². The number of furan rings is 1. The smallest absolute Gasteiger partial charge is 0.224 e. The van der Waals surface area contributed by atoms with E-state index in [4.69, 9.17) is 10.2 Å². The zero-order valence-electron chi connectivity index (χ0n) is 11.5. The third kappa shape index (κ3) is 1.95. The van der Waals surface area contributed by atoms with Gasteiger partial charge in [0.05, 0.1) is 0 Å². The molecule has 2 heterocycles. The molecule has 0 fully saturated rings. The molecule has 1 aromatic carbocycles. The first-order chi connectivity index (χ1) is 10.6. The van der Waals surface area contributed by atoms with Crippen molar-refractivity contribution in [2.45, 2.75) is 6.42 Å². The van der Waals surface area contributed by atoms with Gasteiger partial charge in [0.15, 0.2) is 5.76 Å². The molecule has 5 nitrogen and oxygen atoms in total. The topological polar surface area (TPSA) is 89.3 Å². The molecule has 3 N–H and O–H groups in total. The summed E-state index contributed by atoms with van der Waals surface area (Å²) >= 11 is 0. The monoisotopic (exact) mass is 292 g/mol. The van der Waals surface area contributed by atoms with E-state index >= 15 is 0 Å². The van der Waals surface area contributed by atoms with E-state index in [0.717, 1.165) is 11.1 Å². The van der Waals surface area contributed by atoms with Crippen LogP contribution in [0.1, 0.15) is 21.7 Å². The average molecular weight is 292 g/mol. The largest absolute Gasteiger partial charge is 0.508 e. The van der Waals surface area contributed by atoms with Gasteiger partial charge in [-0.25, -0.2) is 4.98 Å². The number of nitrogens with zero attached hydrogens (tertiary/aromatic N) is 1. The minimum Gasteiger partial charge on any atom is -0.508 e. The molecule has 0 aliphatic heterocycles. The molecule has 108 valence electrons. The number of nitrogens with two attached hydrogens (primary N) is 1. The first-order valence-electron chi connectivity index (χ1n) is 6.82. The zero-order valence-corrected chi connectivity index (χ0v) is 11.5. The Labute approximate surface area is 125 Å². The fraction of sp³-hybridized carbons (Fsp3) is 0.0588. The van der Waals surface area contributed by atoms with Crippen LogP contribution in [0.15, 0.2) is 46.5 Å². The number of phenols is 1. The number of carbonyl (C=O) groups is 1. The number of pyridine rings is 1. The van der Waals surface area contributed by atoms with Gasteiger partial charge < -0.3 is 15.3 Å². The highest BCUT2D eigenvalue weighted by Gasteiger charge is 2.23. The van der Waals surface area contributed by atoms with Crippen LogP contribution in [0.3, 0.4) is 0 Å². The summed E-state index contributed by atoms with van der Waals surface area (Å²) < 4.78 is 5.58. The number of carbonyl (C=O) groups excluding carboxylic acids is 1. The van der Waals surface area contributed by atoms with Gasteiger partial charge in [-0.1, -0.05) is 0 Å². The van der Waals surface area contributed by atoms with E-state index in [1.54, 1.807) is 30.5 Å². The van der Waals surface area contributed by atoms with Crippen LogP contribution in [0.4, 0.5) is 5.82 Å². The summed E-state index contributed by atoms with van der Waals surface area (Å²) in [7, 11) is 0. The number of aromatic nitrogens is 1. The van der Waals surface area contributed by atoms with E-state index in [9.17, 15) is 9.90 Å². The van der Waals surface area contributed by atoms with Crippen molar-refractivity contribution >= 4 is 28.6 Å². The van der Waals surface area contributed by atoms with Crippen LogP contribution in [-0.4, -0.2) is 15.9 Å². The lowest BCUT2D eigenvalue weighted by Crippen LogP contribution is -2.01. The van der Waals surface area contributed by atoms with E-state index in [1.807, 2.05) is 6.08 Å². The Bertz CT molecular complexity index is 954. The van der Waals surface area contributed by atoms with Crippen LogP contribution >= 0.6 is 0 Å². The number of Topliss-reactive ketones (excluding diaryl/α,β-unsaturated/α-hetero) is 1. The number of phenolic OH excluding ortho intramolecular Hbond substituents is 1. The second-order valence-corrected chi connectivity index (χ2v) is 5.32. The Morgan fingerprint density at radius 3 is 3.00 bits per heavy atom. The van der Waals surface area contributed by atoms with Gasteiger partial charge >= 0.3 is 0 Å². The SMILES string of the molecule is Nc1cc2c(cn1)CC(C(=O)c1cc3cc(O)ccc3o1)=C2. The molecule has 0 amide bonds. The lowest BCUT2D eigenvalue weighted by molar-refractivity contribution is 0.101. The number of aromatic hydroxyl groups is 1. The molecule has 0 saturated carbocycles. The molecule has 0 radical (unpaired) electrons. The number of allylic oxidation sites excluding steroid dienone is 1. The summed E-state index contributed by atoms with van der Waals surface area (Å²) in [5, 5.41) is 10.2. The van der Waals surface area contributed by atoms with Gasteiger partial charge in [0.2, 0.25) is 5.78 Å². The minimum atomic E-state index is -0.162. The summed E-state index contributed by atoms with van der Waals surface area (Å²) in [4.78, 5) is 16.6. The maximum absolute atomic E-state index is 12.6. The molecule has 5 heteroatoms. The van der Waals surface area contributed by atoms with Gasteiger partial charge in [0, 0.05) is 23.6 Å². The van der Waals surface area contributed by atoms with Crippen molar-refractivity contribution in [2.24, 2.45) is 0 Å². The van der Waals surface area contributed by atoms with Crippen molar-refractivity contribution in [1.29, 1.82) is 0 Å². The second kappa shape index (κ2) is 4.46. The van der Waals surface area contributed by atoms with Crippen LogP contribution in [-0.2, 0) is 6.42 Å². The van der Waals surface area contributed by atoms with Crippen molar-refractivity contribution in [3.63, 3.8) is 0 Å². The van der Waals surface area contributed by atoms with Gasteiger partial charge in [0.1, 0.15) is 17.2 Å². The second-order valence-electron chi connectivity index (χ2n) is 5.32. The molecular weight excluding hydrogens is 280 g/mol. The summed E-state index contributed by atoms with van der Waals surface area (Å²) in [5.74, 6) is 0.676. The number of fused-ring (bicyclic) bond motifs is 2. The Kier molecular flexibility index (Phi) is 2.56. The molecular formula is C17H12N2O3. The fourth-order valence-corrected chi connectivity index (χ4v) is 2.69. The zero-order chi connectivity index (χ0) is 15.3. The van der Waals surface area contributed by atoms with E-state index in [2.05, 4.69) is 4.98 Å². The lowest BCUT2D eigenvalue weighted by Gasteiger charge is -1.98. The number of nitrogen functional groups attached to an aromatic ring is 1. The summed E-state index contributed by atoms with van der Waals surface area (Å²) in [6.45, 7) is 0. The number of anilines is 1. The average Bonchev–Trinajstić information content (AvgIpc) is 3.08. The minimum absolute atomic E-state index is 0.140. The van der Waals surface area contributed by atoms with E-state index < -0.39 is 0 Å². The molecule has 22 heavy (non-hydrogen) atoms. The maximum atomic E-state index is 12.6. The van der Waals surface area contributed by atoms with Gasteiger partial charge in [-0.15, -0.1) is 0 Å². The fourth-order valence-electron chi connectivity index (χ4n) is 2.69. The summed E-state index contributed by atoms with van der Waals surface area (Å²) in [6.07, 6.45) is 4.03. The molecule has 0 atom stereocenters. The highest BCUT2D eigenvalue weighted by Crippen LogP contribution is 2.30. The van der Waals surface area contributed by atoms with Crippen LogP contribution in [0.25, 0.3) is 17.0 Å². The van der Waals surface area contributed by atoms with E-state index in [-0.39, 0.29) is 17.3 Å². The maximum Gasteiger partial charge on any atom is 0.224 e. The molecule has 0 unspecified atom stereocenters. The van der Waals surface area contributed by atoms with Gasteiger partial charge in [-0.05, 0) is 47.5 Å². The number of hydrogen-bond acceptors (Lipinski definition) is 5. The van der Waals surface area contributed by atoms with Crippen LogP contribution in [0.2, 0.25) is 0 Å². The predicted molar refractivity (Wildman–Crippen MR) is 82.5 cm³/mol. The molecule has 0 spiro atoms. The van der Waals surface area contributed by atoms with Gasteiger partial charge in [0.25, 0.3) is 0 Å². The Morgan fingerprint density at radius 2 is 2.14 bits per heavy atom. The van der Waals surface area contributed by atoms with Crippen LogP contribution < -0.4 is 5.73 Å². The lowest BCUT2D eigenvalue weighted by atomic mass is 10.1. The first kappa shape index (κ1) is 12.6. The van der Waals surface area contributed by atoms with Crippen LogP contribution in [0, 0.1) is 0 Å². The number of benzene rings is 1. The quantitative estimate of drug-likeness (QED) is 0.709. The molecule has 4 rings (SSSR count). The molecule has 2 aromatic heterocycles. The van der Waals surface area contributed by atoms with Crippen molar-refractivity contribution in [2.75, 3.05) is 5.73 Å². The number of rotatable bonds is 2. The molecule has 0 saturated heterocycles. The molecule has 0 bridgehead atoms.